The highest BCUT2D eigenvalue weighted by Gasteiger charge is 2.40. The van der Waals surface area contributed by atoms with Gasteiger partial charge in [-0.25, -0.2) is 0 Å². The van der Waals surface area contributed by atoms with E-state index in [4.69, 9.17) is 15.0 Å². The van der Waals surface area contributed by atoms with Crippen molar-refractivity contribution in [2.45, 2.75) is 38.6 Å². The monoisotopic (exact) mass is 275 g/mol. The Hall–Kier alpha value is -1.88. The molecule has 2 N–H and O–H groups in total. The van der Waals surface area contributed by atoms with Crippen LogP contribution in [0.1, 0.15) is 33.6 Å². The van der Waals surface area contributed by atoms with Crippen molar-refractivity contribution in [1.82, 2.24) is 10.1 Å². The Morgan fingerprint density at radius 1 is 1.10 bits per heavy atom. The summed E-state index contributed by atoms with van der Waals surface area (Å²) in [4.78, 5) is 4.48. The van der Waals surface area contributed by atoms with Crippen LogP contribution in [-0.4, -0.2) is 22.8 Å². The maximum absolute atomic E-state index is 6.19. The molecule has 0 aliphatic carbocycles. The molecule has 0 amide bonds. The predicted molar refractivity (Wildman–Crippen MR) is 77.6 cm³/mol. The van der Waals surface area contributed by atoms with Crippen molar-refractivity contribution >= 4 is 0 Å². The minimum Gasteiger partial charge on any atom is -0.497 e. The van der Waals surface area contributed by atoms with Gasteiger partial charge in [0.2, 0.25) is 11.7 Å². The summed E-state index contributed by atoms with van der Waals surface area (Å²) in [6.45, 7) is 7.89. The minimum atomic E-state index is -0.462. The first kappa shape index (κ1) is 14.5. The van der Waals surface area contributed by atoms with Crippen LogP contribution in [-0.2, 0) is 5.41 Å². The van der Waals surface area contributed by atoms with Crippen LogP contribution in [0.5, 0.6) is 5.75 Å². The molecule has 0 aliphatic heterocycles. The lowest BCUT2D eigenvalue weighted by atomic mass is 9.75. The molecule has 0 unspecified atom stereocenters. The molecule has 1 heterocycles. The quantitative estimate of drug-likeness (QED) is 0.928. The predicted octanol–water partition coefficient (Wildman–Crippen LogP) is 2.76. The largest absolute Gasteiger partial charge is 0.497 e. The average Bonchev–Trinajstić information content (AvgIpc) is 2.87. The van der Waals surface area contributed by atoms with Crippen LogP contribution in [0.15, 0.2) is 28.8 Å². The number of rotatable bonds is 4. The first-order valence-corrected chi connectivity index (χ1v) is 6.53. The summed E-state index contributed by atoms with van der Waals surface area (Å²) >= 11 is 0. The van der Waals surface area contributed by atoms with Crippen molar-refractivity contribution < 1.29 is 9.26 Å². The molecule has 0 spiro atoms. The summed E-state index contributed by atoms with van der Waals surface area (Å²) in [6, 6.07) is 7.52. The van der Waals surface area contributed by atoms with Gasteiger partial charge in [-0.2, -0.15) is 4.98 Å². The number of methoxy groups -OCH3 is 1. The summed E-state index contributed by atoms with van der Waals surface area (Å²) in [5, 5.41) is 4.04. The highest BCUT2D eigenvalue weighted by Crippen LogP contribution is 2.33. The zero-order valence-electron chi connectivity index (χ0n) is 12.6. The fourth-order valence-corrected chi connectivity index (χ4v) is 1.61. The molecule has 0 bridgehead atoms. The van der Waals surface area contributed by atoms with Crippen molar-refractivity contribution in [2.75, 3.05) is 7.11 Å². The lowest BCUT2D eigenvalue weighted by Gasteiger charge is -2.34. The van der Waals surface area contributed by atoms with Gasteiger partial charge in [0, 0.05) is 11.1 Å². The van der Waals surface area contributed by atoms with E-state index in [9.17, 15) is 0 Å². The van der Waals surface area contributed by atoms with Crippen LogP contribution in [0, 0.1) is 0 Å². The fraction of sp³-hybridized carbons (Fsp3) is 0.467. The average molecular weight is 275 g/mol. The zero-order valence-corrected chi connectivity index (χ0v) is 12.6. The second-order valence-corrected chi connectivity index (χ2v) is 6.00. The number of benzene rings is 1. The molecular formula is C15H21N3O2. The molecule has 0 saturated carbocycles. The van der Waals surface area contributed by atoms with Gasteiger partial charge in [-0.3, -0.25) is 0 Å². The van der Waals surface area contributed by atoms with E-state index in [1.807, 2.05) is 52.0 Å². The number of hydrogen-bond donors (Lipinski definition) is 1. The normalized spacial score (nSPS) is 12.5. The van der Waals surface area contributed by atoms with E-state index in [2.05, 4.69) is 10.1 Å². The van der Waals surface area contributed by atoms with Gasteiger partial charge in [-0.15, -0.1) is 0 Å². The molecule has 5 nitrogen and oxygen atoms in total. The van der Waals surface area contributed by atoms with Gasteiger partial charge in [-0.1, -0.05) is 5.16 Å². The summed E-state index contributed by atoms with van der Waals surface area (Å²) in [7, 11) is 1.63. The number of ether oxygens (including phenoxy) is 1. The molecule has 1 aromatic carbocycles. The lowest BCUT2D eigenvalue weighted by Crippen LogP contribution is -2.50. The molecule has 20 heavy (non-hydrogen) atoms. The molecule has 0 radical (unpaired) electrons. The van der Waals surface area contributed by atoms with E-state index in [1.165, 1.54) is 0 Å². The summed E-state index contributed by atoms with van der Waals surface area (Å²) in [6.07, 6.45) is 0. The summed E-state index contributed by atoms with van der Waals surface area (Å²) in [5.41, 5.74) is 6.19. The zero-order chi connectivity index (χ0) is 15.0. The molecule has 1 aromatic heterocycles. The molecule has 0 atom stereocenters. The Bertz CT molecular complexity index is 580. The van der Waals surface area contributed by atoms with Crippen molar-refractivity contribution in [3.8, 4) is 17.1 Å². The molecule has 5 heteroatoms. The summed E-state index contributed by atoms with van der Waals surface area (Å²) < 4.78 is 10.5. The van der Waals surface area contributed by atoms with E-state index in [0.29, 0.717) is 11.7 Å². The van der Waals surface area contributed by atoms with E-state index in [1.54, 1.807) is 7.11 Å². The van der Waals surface area contributed by atoms with Crippen LogP contribution in [0.3, 0.4) is 0 Å². The van der Waals surface area contributed by atoms with Crippen LogP contribution in [0.2, 0.25) is 0 Å². The third-order valence-electron chi connectivity index (χ3n) is 3.92. The van der Waals surface area contributed by atoms with Crippen molar-refractivity contribution in [3.63, 3.8) is 0 Å². The van der Waals surface area contributed by atoms with Gasteiger partial charge >= 0.3 is 0 Å². The Kier molecular flexibility index (Phi) is 3.56. The summed E-state index contributed by atoms with van der Waals surface area (Å²) in [5.74, 6) is 1.89. The number of nitrogens with zero attached hydrogens (tertiary/aromatic N) is 2. The van der Waals surface area contributed by atoms with E-state index >= 15 is 0 Å². The topological polar surface area (TPSA) is 74.2 Å². The van der Waals surface area contributed by atoms with Gasteiger partial charge in [0.25, 0.3) is 0 Å². The molecular weight excluding hydrogens is 254 g/mol. The van der Waals surface area contributed by atoms with E-state index < -0.39 is 11.0 Å². The highest BCUT2D eigenvalue weighted by atomic mass is 16.5. The molecule has 108 valence electrons. The van der Waals surface area contributed by atoms with Crippen LogP contribution in [0.25, 0.3) is 11.4 Å². The van der Waals surface area contributed by atoms with Crippen molar-refractivity contribution in [2.24, 2.45) is 5.73 Å². The molecule has 2 aromatic rings. The fourth-order valence-electron chi connectivity index (χ4n) is 1.61. The van der Waals surface area contributed by atoms with Gasteiger partial charge in [0.05, 0.1) is 12.5 Å². The molecule has 0 aliphatic rings. The number of aromatic nitrogens is 2. The van der Waals surface area contributed by atoms with E-state index in [0.717, 1.165) is 11.3 Å². The Labute approximate surface area is 119 Å². The third-order valence-corrected chi connectivity index (χ3v) is 3.92. The van der Waals surface area contributed by atoms with Gasteiger partial charge in [0.1, 0.15) is 5.75 Å². The number of nitrogens with two attached hydrogens (primary N) is 1. The number of hydrogen-bond acceptors (Lipinski definition) is 5. The highest BCUT2D eigenvalue weighted by molar-refractivity contribution is 5.55. The Morgan fingerprint density at radius 3 is 2.20 bits per heavy atom. The molecule has 0 fully saturated rings. The maximum atomic E-state index is 6.19. The smallest absolute Gasteiger partial charge is 0.234 e. The second kappa shape index (κ2) is 4.90. The maximum Gasteiger partial charge on any atom is 0.234 e. The first-order valence-electron chi connectivity index (χ1n) is 6.53. The lowest BCUT2D eigenvalue weighted by molar-refractivity contribution is 0.223. The van der Waals surface area contributed by atoms with Crippen molar-refractivity contribution in [1.29, 1.82) is 0 Å². The minimum absolute atomic E-state index is 0.412. The Morgan fingerprint density at radius 2 is 1.70 bits per heavy atom. The molecule has 2 rings (SSSR count). The van der Waals surface area contributed by atoms with Crippen LogP contribution >= 0.6 is 0 Å². The van der Waals surface area contributed by atoms with Crippen molar-refractivity contribution in [3.05, 3.63) is 30.2 Å². The van der Waals surface area contributed by atoms with Crippen LogP contribution in [0.4, 0.5) is 0 Å². The van der Waals surface area contributed by atoms with Gasteiger partial charge in [0.15, 0.2) is 0 Å². The SMILES string of the molecule is COc1ccc(-c2noc(C(C)(C)C(C)(C)N)n2)cc1. The van der Waals surface area contributed by atoms with E-state index in [-0.39, 0.29) is 0 Å². The molecule has 0 saturated heterocycles. The van der Waals surface area contributed by atoms with Crippen LogP contribution < -0.4 is 10.5 Å². The third kappa shape index (κ3) is 2.54. The standard InChI is InChI=1S/C15H21N3O2/c1-14(2,15(3,4)16)13-17-12(18-20-13)10-6-8-11(19-5)9-7-10/h6-9H,16H2,1-5H3. The Balaban J connectivity index is 2.33. The van der Waals surface area contributed by atoms with Gasteiger partial charge in [-0.05, 0) is 52.0 Å². The first-order chi connectivity index (χ1) is 9.25. The second-order valence-electron chi connectivity index (χ2n) is 6.00. The van der Waals surface area contributed by atoms with Gasteiger partial charge < -0.3 is 15.0 Å².